The van der Waals surface area contributed by atoms with Gasteiger partial charge in [-0.05, 0) is 36.4 Å². The second-order valence-corrected chi connectivity index (χ2v) is 6.45. The number of para-hydroxylation sites is 1. The predicted octanol–water partition coefficient (Wildman–Crippen LogP) is 4.86. The number of ether oxygens (including phenoxy) is 1. The van der Waals surface area contributed by atoms with Crippen LogP contribution in [-0.2, 0) is 4.79 Å². The summed E-state index contributed by atoms with van der Waals surface area (Å²) in [7, 11) is 0. The molecule has 1 heterocycles. The van der Waals surface area contributed by atoms with E-state index in [0.29, 0.717) is 22.0 Å². The summed E-state index contributed by atoms with van der Waals surface area (Å²) in [6.07, 6.45) is 0. The topological polar surface area (TPSA) is 77.9 Å². The predicted molar refractivity (Wildman–Crippen MR) is 106 cm³/mol. The van der Waals surface area contributed by atoms with Crippen LogP contribution in [0.15, 0.2) is 60.7 Å². The lowest BCUT2D eigenvalue weighted by atomic mass is 10.1. The Morgan fingerprint density at radius 2 is 1.89 bits per heavy atom. The Morgan fingerprint density at radius 3 is 2.74 bits per heavy atom. The minimum Gasteiger partial charge on any atom is -0.484 e. The Labute approximate surface area is 160 Å². The summed E-state index contributed by atoms with van der Waals surface area (Å²) >= 11 is 5.92. The zero-order valence-corrected chi connectivity index (χ0v) is 14.9. The number of hydrogen-bond acceptors (Lipinski definition) is 3. The molecule has 27 heavy (non-hydrogen) atoms. The quantitative estimate of drug-likeness (QED) is 0.534. The molecule has 0 fully saturated rings. The van der Waals surface area contributed by atoms with Crippen molar-refractivity contribution in [2.24, 2.45) is 0 Å². The van der Waals surface area contributed by atoms with Crippen molar-refractivity contribution in [1.29, 1.82) is 5.26 Å². The molecule has 3 aromatic carbocycles. The number of hydrogen-bond donors (Lipinski definition) is 2. The summed E-state index contributed by atoms with van der Waals surface area (Å²) in [4.78, 5) is 15.5. The largest absolute Gasteiger partial charge is 0.484 e. The molecule has 0 aliphatic heterocycles. The van der Waals surface area contributed by atoms with Crippen LogP contribution in [0.25, 0.3) is 21.8 Å². The molecule has 0 saturated carbocycles. The summed E-state index contributed by atoms with van der Waals surface area (Å²) in [5.41, 5.74) is 2.69. The third kappa shape index (κ3) is 3.43. The Balaban J connectivity index is 1.48. The van der Waals surface area contributed by atoms with Gasteiger partial charge in [0.2, 0.25) is 0 Å². The Bertz CT molecular complexity index is 1210. The first-order chi connectivity index (χ1) is 13.1. The lowest BCUT2D eigenvalue weighted by molar-refractivity contribution is -0.118. The average Bonchev–Trinajstić information content (AvgIpc) is 3.04. The highest BCUT2D eigenvalue weighted by Crippen LogP contribution is 2.28. The molecule has 2 N–H and O–H groups in total. The van der Waals surface area contributed by atoms with Gasteiger partial charge in [0.1, 0.15) is 11.8 Å². The molecule has 132 valence electrons. The van der Waals surface area contributed by atoms with Crippen molar-refractivity contribution >= 4 is 45.0 Å². The number of anilines is 1. The third-order valence-electron chi connectivity index (χ3n) is 4.22. The van der Waals surface area contributed by atoms with E-state index >= 15 is 0 Å². The molecule has 1 aromatic heterocycles. The Hall–Kier alpha value is -3.49. The number of nitriles is 1. The van der Waals surface area contributed by atoms with E-state index in [2.05, 4.69) is 16.4 Å². The summed E-state index contributed by atoms with van der Waals surface area (Å²) in [5, 5.41) is 14.4. The second kappa shape index (κ2) is 7.02. The number of nitrogens with zero attached hydrogens (tertiary/aromatic N) is 1. The van der Waals surface area contributed by atoms with Crippen LogP contribution in [0.4, 0.5) is 5.69 Å². The fraction of sp³-hybridized carbons (Fsp3) is 0.0476. The molecule has 0 radical (unpaired) electrons. The molecular weight excluding hydrogens is 362 g/mol. The highest BCUT2D eigenvalue weighted by Gasteiger charge is 2.10. The number of halogens is 1. The van der Waals surface area contributed by atoms with E-state index in [1.165, 1.54) is 6.07 Å². The Kier molecular flexibility index (Phi) is 4.41. The maximum atomic E-state index is 12.2. The molecule has 4 aromatic rings. The zero-order valence-electron chi connectivity index (χ0n) is 14.1. The smallest absolute Gasteiger partial charge is 0.262 e. The van der Waals surface area contributed by atoms with Crippen molar-refractivity contribution in [3.05, 3.63) is 71.2 Å². The first-order valence-electron chi connectivity index (χ1n) is 8.27. The van der Waals surface area contributed by atoms with Crippen molar-refractivity contribution in [3.63, 3.8) is 0 Å². The van der Waals surface area contributed by atoms with E-state index in [9.17, 15) is 4.79 Å². The molecule has 0 atom stereocenters. The molecule has 0 aliphatic carbocycles. The molecule has 6 heteroatoms. The average molecular weight is 376 g/mol. The fourth-order valence-electron chi connectivity index (χ4n) is 2.98. The highest BCUT2D eigenvalue weighted by atomic mass is 35.5. The molecule has 1 amide bonds. The number of nitrogens with one attached hydrogen (secondary N) is 2. The molecule has 0 bridgehead atoms. The number of aromatic nitrogens is 1. The second-order valence-electron chi connectivity index (χ2n) is 6.02. The van der Waals surface area contributed by atoms with E-state index < -0.39 is 0 Å². The lowest BCUT2D eigenvalue weighted by Gasteiger charge is -2.09. The normalized spacial score (nSPS) is 10.7. The van der Waals surface area contributed by atoms with Crippen molar-refractivity contribution in [2.45, 2.75) is 0 Å². The van der Waals surface area contributed by atoms with Crippen molar-refractivity contribution in [2.75, 3.05) is 11.9 Å². The van der Waals surface area contributed by atoms with Gasteiger partial charge >= 0.3 is 0 Å². The standard InChI is InChI=1S/C21H14ClN3O2/c22-14-6-5-13(11-23)19(9-14)25-21(26)12-27-15-7-8-17-16-3-1-2-4-18(16)24-20(17)10-15/h1-10,24H,12H2,(H,25,26). The lowest BCUT2D eigenvalue weighted by Crippen LogP contribution is -2.20. The first-order valence-corrected chi connectivity index (χ1v) is 8.64. The van der Waals surface area contributed by atoms with E-state index in [1.807, 2.05) is 42.5 Å². The van der Waals surface area contributed by atoms with Crippen LogP contribution in [0.2, 0.25) is 5.02 Å². The van der Waals surface area contributed by atoms with Gasteiger partial charge in [0, 0.05) is 27.4 Å². The van der Waals surface area contributed by atoms with Gasteiger partial charge in [-0.15, -0.1) is 0 Å². The molecule has 0 unspecified atom stereocenters. The van der Waals surface area contributed by atoms with Gasteiger partial charge < -0.3 is 15.0 Å². The molecule has 5 nitrogen and oxygen atoms in total. The third-order valence-corrected chi connectivity index (χ3v) is 4.46. The van der Waals surface area contributed by atoms with Crippen LogP contribution < -0.4 is 10.1 Å². The van der Waals surface area contributed by atoms with E-state index in [0.717, 1.165) is 21.8 Å². The fourth-order valence-corrected chi connectivity index (χ4v) is 3.15. The van der Waals surface area contributed by atoms with Crippen LogP contribution in [0.3, 0.4) is 0 Å². The maximum Gasteiger partial charge on any atom is 0.262 e. The van der Waals surface area contributed by atoms with Gasteiger partial charge in [-0.25, -0.2) is 0 Å². The SMILES string of the molecule is N#Cc1ccc(Cl)cc1NC(=O)COc1ccc2c(c1)[nH]c1ccccc12. The minimum atomic E-state index is -0.370. The van der Waals surface area contributed by atoms with Crippen LogP contribution >= 0.6 is 11.6 Å². The van der Waals surface area contributed by atoms with Gasteiger partial charge in [-0.1, -0.05) is 29.8 Å². The Morgan fingerprint density at radius 1 is 1.07 bits per heavy atom. The number of benzene rings is 3. The number of amides is 1. The van der Waals surface area contributed by atoms with Crippen LogP contribution in [-0.4, -0.2) is 17.5 Å². The first kappa shape index (κ1) is 17.0. The van der Waals surface area contributed by atoms with Gasteiger partial charge in [-0.3, -0.25) is 4.79 Å². The number of H-pyrrole nitrogens is 1. The highest BCUT2D eigenvalue weighted by molar-refractivity contribution is 6.31. The van der Waals surface area contributed by atoms with Gasteiger partial charge in [-0.2, -0.15) is 5.26 Å². The molecule has 0 spiro atoms. The monoisotopic (exact) mass is 375 g/mol. The zero-order chi connectivity index (χ0) is 18.8. The molecular formula is C21H14ClN3O2. The van der Waals surface area contributed by atoms with Crippen LogP contribution in [0.5, 0.6) is 5.75 Å². The van der Waals surface area contributed by atoms with Gasteiger partial charge in [0.25, 0.3) is 5.91 Å². The summed E-state index contributed by atoms with van der Waals surface area (Å²) < 4.78 is 5.60. The van der Waals surface area contributed by atoms with E-state index in [4.69, 9.17) is 21.6 Å². The number of carbonyl (C=O) groups is 1. The van der Waals surface area contributed by atoms with Gasteiger partial charge in [0.15, 0.2) is 6.61 Å². The number of fused-ring (bicyclic) bond motifs is 3. The number of rotatable bonds is 4. The van der Waals surface area contributed by atoms with Crippen LogP contribution in [0, 0.1) is 11.3 Å². The van der Waals surface area contributed by atoms with Crippen molar-refractivity contribution in [3.8, 4) is 11.8 Å². The number of aromatic amines is 1. The maximum absolute atomic E-state index is 12.2. The summed E-state index contributed by atoms with van der Waals surface area (Å²) in [6.45, 7) is -0.177. The van der Waals surface area contributed by atoms with Gasteiger partial charge in [0.05, 0.1) is 16.8 Å². The summed E-state index contributed by atoms with van der Waals surface area (Å²) in [5.74, 6) is 0.210. The van der Waals surface area contributed by atoms with Crippen molar-refractivity contribution < 1.29 is 9.53 Å². The molecule has 4 rings (SSSR count). The molecule has 0 saturated heterocycles. The van der Waals surface area contributed by atoms with Crippen molar-refractivity contribution in [1.82, 2.24) is 4.98 Å². The van der Waals surface area contributed by atoms with E-state index in [1.54, 1.807) is 12.1 Å². The van der Waals surface area contributed by atoms with Crippen LogP contribution in [0.1, 0.15) is 5.56 Å². The van der Waals surface area contributed by atoms with E-state index in [-0.39, 0.29) is 12.5 Å². The number of carbonyl (C=O) groups excluding carboxylic acids is 1. The minimum absolute atomic E-state index is 0.177. The molecule has 0 aliphatic rings. The summed E-state index contributed by atoms with van der Waals surface area (Å²) in [6, 6.07) is 20.4.